The molecule has 174 valence electrons. The molecule has 0 heterocycles. The zero-order valence-corrected chi connectivity index (χ0v) is 19.8. The maximum Gasteiger partial charge on any atom is 0.244 e. The Morgan fingerprint density at radius 1 is 0.935 bits per heavy atom. The normalized spacial score (nSPS) is 17.0. The molecule has 0 aromatic heterocycles. The maximum atomic E-state index is 12.6. The van der Waals surface area contributed by atoms with E-state index in [0.717, 1.165) is 42.7 Å². The van der Waals surface area contributed by atoms with Gasteiger partial charge in [0.15, 0.2) is 11.5 Å². The minimum atomic E-state index is -0.00155. The van der Waals surface area contributed by atoms with Gasteiger partial charge in [-0.15, -0.1) is 0 Å². The van der Waals surface area contributed by atoms with Crippen molar-refractivity contribution in [2.75, 3.05) is 13.2 Å². The summed E-state index contributed by atoms with van der Waals surface area (Å²) in [5, 5.41) is 3.24. The van der Waals surface area contributed by atoms with Crippen LogP contribution in [0, 0.1) is 0 Å². The van der Waals surface area contributed by atoms with Crippen LogP contribution in [0.3, 0.4) is 0 Å². The van der Waals surface area contributed by atoms with E-state index in [1.54, 1.807) is 6.08 Å². The largest absolute Gasteiger partial charge is 0.490 e. The van der Waals surface area contributed by atoms with Crippen LogP contribution in [0.1, 0.15) is 103 Å². The van der Waals surface area contributed by atoms with Gasteiger partial charge < -0.3 is 14.8 Å². The molecule has 4 nitrogen and oxygen atoms in total. The van der Waals surface area contributed by atoms with Crippen LogP contribution < -0.4 is 14.8 Å². The molecule has 1 fully saturated rings. The highest BCUT2D eigenvalue weighted by Gasteiger charge is 2.11. The van der Waals surface area contributed by atoms with Gasteiger partial charge in [-0.05, 0) is 50.0 Å². The quantitative estimate of drug-likeness (QED) is 0.337. The Kier molecular flexibility index (Phi) is 12.9. The van der Waals surface area contributed by atoms with Crippen LogP contribution in [-0.2, 0) is 4.79 Å². The van der Waals surface area contributed by atoms with E-state index < -0.39 is 0 Å². The summed E-state index contributed by atoms with van der Waals surface area (Å²) in [4.78, 5) is 12.6. The Labute approximate surface area is 189 Å². The molecule has 0 radical (unpaired) electrons. The summed E-state index contributed by atoms with van der Waals surface area (Å²) in [5.41, 5.74) is 0.945. The van der Waals surface area contributed by atoms with Crippen LogP contribution in [-0.4, -0.2) is 25.2 Å². The van der Waals surface area contributed by atoms with Crippen molar-refractivity contribution in [3.8, 4) is 11.5 Å². The van der Waals surface area contributed by atoms with Gasteiger partial charge >= 0.3 is 0 Å². The molecule has 1 aliphatic rings. The predicted octanol–water partition coefficient (Wildman–Crippen LogP) is 7.07. The third-order valence-corrected chi connectivity index (χ3v) is 5.90. The minimum Gasteiger partial charge on any atom is -0.490 e. The van der Waals surface area contributed by atoms with Gasteiger partial charge in [-0.3, -0.25) is 4.79 Å². The Morgan fingerprint density at radius 2 is 1.58 bits per heavy atom. The van der Waals surface area contributed by atoms with Gasteiger partial charge in [0, 0.05) is 12.1 Å². The first-order valence-electron chi connectivity index (χ1n) is 12.6. The number of hydrogen-bond acceptors (Lipinski definition) is 3. The Hall–Kier alpha value is -1.97. The first-order valence-corrected chi connectivity index (χ1v) is 12.6. The molecule has 1 aromatic rings. The zero-order chi connectivity index (χ0) is 22.2. The first-order chi connectivity index (χ1) is 15.2. The minimum absolute atomic E-state index is 0.00155. The highest BCUT2D eigenvalue weighted by Crippen LogP contribution is 2.29. The van der Waals surface area contributed by atoms with Gasteiger partial charge in [0.1, 0.15) is 0 Å². The zero-order valence-electron chi connectivity index (χ0n) is 19.8. The van der Waals surface area contributed by atoms with Crippen LogP contribution in [0.15, 0.2) is 24.3 Å². The van der Waals surface area contributed by atoms with Crippen molar-refractivity contribution in [3.05, 3.63) is 29.8 Å². The summed E-state index contributed by atoms with van der Waals surface area (Å²) in [6.07, 6.45) is 19.6. The number of carbonyl (C=O) groups excluding carboxylic acids is 1. The van der Waals surface area contributed by atoms with E-state index in [1.165, 1.54) is 57.8 Å². The monoisotopic (exact) mass is 429 g/mol. The molecule has 1 amide bonds. The lowest BCUT2D eigenvalue weighted by atomic mass is 9.98. The number of carbonyl (C=O) groups is 1. The molecule has 0 spiro atoms. The third kappa shape index (κ3) is 10.8. The lowest BCUT2D eigenvalue weighted by molar-refractivity contribution is -0.117. The molecule has 0 saturated heterocycles. The number of amides is 1. The molecule has 1 N–H and O–H groups in total. The molecule has 0 bridgehead atoms. The van der Waals surface area contributed by atoms with Crippen LogP contribution in [0.4, 0.5) is 0 Å². The van der Waals surface area contributed by atoms with E-state index in [9.17, 15) is 4.79 Å². The molecule has 0 aliphatic heterocycles. The van der Waals surface area contributed by atoms with Gasteiger partial charge in [-0.1, -0.05) is 77.2 Å². The number of benzene rings is 1. The SMILES string of the molecule is CCCCOc1ccc(/C=C/C(=O)NC2CCCCCCCCCCC2)cc1OCC. The van der Waals surface area contributed by atoms with Crippen molar-refractivity contribution < 1.29 is 14.3 Å². The average Bonchev–Trinajstić information content (AvgIpc) is 2.76. The molecule has 0 atom stereocenters. The molecule has 0 unspecified atom stereocenters. The third-order valence-electron chi connectivity index (χ3n) is 5.90. The molecule has 1 aromatic carbocycles. The van der Waals surface area contributed by atoms with Crippen LogP contribution in [0.2, 0.25) is 0 Å². The van der Waals surface area contributed by atoms with E-state index in [1.807, 2.05) is 31.2 Å². The molecule has 4 heteroatoms. The standard InChI is InChI=1S/C27H43NO3/c1-3-5-21-31-25-19-17-23(22-26(25)30-4-2)18-20-27(29)28-24-15-13-11-9-7-6-8-10-12-14-16-24/h17-20,22,24H,3-16,21H2,1-2H3,(H,28,29)/b20-18+. The second-order valence-corrected chi connectivity index (χ2v) is 8.64. The fourth-order valence-electron chi connectivity index (χ4n) is 4.07. The number of ether oxygens (including phenoxy) is 2. The highest BCUT2D eigenvalue weighted by molar-refractivity contribution is 5.92. The summed E-state index contributed by atoms with van der Waals surface area (Å²) < 4.78 is 11.6. The van der Waals surface area contributed by atoms with Crippen LogP contribution in [0.25, 0.3) is 6.08 Å². The smallest absolute Gasteiger partial charge is 0.244 e. The van der Waals surface area contributed by atoms with Gasteiger partial charge in [0.25, 0.3) is 0 Å². The van der Waals surface area contributed by atoms with Crippen molar-refractivity contribution in [2.45, 2.75) is 103 Å². The molecule has 1 aliphatic carbocycles. The summed E-state index contributed by atoms with van der Waals surface area (Å²) in [7, 11) is 0. The Morgan fingerprint density at radius 3 is 2.19 bits per heavy atom. The van der Waals surface area contributed by atoms with E-state index in [2.05, 4.69) is 12.2 Å². The van der Waals surface area contributed by atoms with Crippen LogP contribution in [0.5, 0.6) is 11.5 Å². The van der Waals surface area contributed by atoms with Crippen molar-refractivity contribution in [1.29, 1.82) is 0 Å². The van der Waals surface area contributed by atoms with E-state index in [-0.39, 0.29) is 5.91 Å². The number of rotatable bonds is 9. The lowest BCUT2D eigenvalue weighted by Crippen LogP contribution is -2.33. The van der Waals surface area contributed by atoms with Crippen molar-refractivity contribution >= 4 is 12.0 Å². The number of hydrogen-bond donors (Lipinski definition) is 1. The van der Waals surface area contributed by atoms with Gasteiger partial charge in [0.05, 0.1) is 13.2 Å². The maximum absolute atomic E-state index is 12.6. The van der Waals surface area contributed by atoms with Gasteiger partial charge in [-0.25, -0.2) is 0 Å². The summed E-state index contributed by atoms with van der Waals surface area (Å²) in [6.45, 7) is 5.39. The molecule has 1 saturated carbocycles. The number of unbranched alkanes of at least 4 members (excludes halogenated alkanes) is 1. The second kappa shape index (κ2) is 15.8. The molecular formula is C27H43NO3. The Bertz CT molecular complexity index is 644. The van der Waals surface area contributed by atoms with Crippen molar-refractivity contribution in [1.82, 2.24) is 5.32 Å². The van der Waals surface area contributed by atoms with E-state index in [4.69, 9.17) is 9.47 Å². The fraction of sp³-hybridized carbons (Fsp3) is 0.667. The molecule has 31 heavy (non-hydrogen) atoms. The number of nitrogens with one attached hydrogen (secondary N) is 1. The Balaban J connectivity index is 1.91. The molecule has 2 rings (SSSR count). The topological polar surface area (TPSA) is 47.6 Å². The van der Waals surface area contributed by atoms with E-state index in [0.29, 0.717) is 19.3 Å². The summed E-state index contributed by atoms with van der Waals surface area (Å²) >= 11 is 0. The van der Waals surface area contributed by atoms with Crippen molar-refractivity contribution in [3.63, 3.8) is 0 Å². The highest BCUT2D eigenvalue weighted by atomic mass is 16.5. The van der Waals surface area contributed by atoms with Crippen molar-refractivity contribution in [2.24, 2.45) is 0 Å². The van der Waals surface area contributed by atoms with Crippen LogP contribution >= 0.6 is 0 Å². The molecular weight excluding hydrogens is 386 g/mol. The average molecular weight is 430 g/mol. The first kappa shape index (κ1) is 25.3. The predicted molar refractivity (Wildman–Crippen MR) is 130 cm³/mol. The summed E-state index contributed by atoms with van der Waals surface area (Å²) in [5.74, 6) is 1.50. The summed E-state index contributed by atoms with van der Waals surface area (Å²) in [6, 6.07) is 6.16. The van der Waals surface area contributed by atoms with E-state index >= 15 is 0 Å². The fourth-order valence-corrected chi connectivity index (χ4v) is 4.07. The van der Waals surface area contributed by atoms with Gasteiger partial charge in [0.2, 0.25) is 5.91 Å². The van der Waals surface area contributed by atoms with Gasteiger partial charge in [-0.2, -0.15) is 0 Å². The lowest BCUT2D eigenvalue weighted by Gasteiger charge is -2.18. The second-order valence-electron chi connectivity index (χ2n) is 8.64.